The number of fused-ring (bicyclic) bond motifs is 2. The first-order valence-electron chi connectivity index (χ1n) is 12.0. The molecule has 0 bridgehead atoms. The lowest BCUT2D eigenvalue weighted by Crippen LogP contribution is -2.50. The molecule has 6 nitrogen and oxygen atoms in total. The molecule has 8 heteroatoms. The molecule has 0 aromatic carbocycles. The van der Waals surface area contributed by atoms with Crippen LogP contribution in [0.25, 0.3) is 10.2 Å². The third-order valence-corrected chi connectivity index (χ3v) is 9.08. The fourth-order valence-corrected chi connectivity index (χ4v) is 7.21. The van der Waals surface area contributed by atoms with Crippen molar-refractivity contribution in [3.63, 3.8) is 0 Å². The van der Waals surface area contributed by atoms with Gasteiger partial charge >= 0.3 is 0 Å². The Bertz CT molecular complexity index is 1010. The molecule has 1 amide bonds. The molecule has 2 aromatic rings. The van der Waals surface area contributed by atoms with Crippen molar-refractivity contribution in [1.82, 2.24) is 14.5 Å². The van der Waals surface area contributed by atoms with Crippen LogP contribution in [0.3, 0.4) is 0 Å². The van der Waals surface area contributed by atoms with Gasteiger partial charge in [-0.15, -0.1) is 11.3 Å². The van der Waals surface area contributed by atoms with Gasteiger partial charge in [-0.3, -0.25) is 14.2 Å². The minimum absolute atomic E-state index is 0.00798. The van der Waals surface area contributed by atoms with Crippen LogP contribution in [0.4, 0.5) is 0 Å². The van der Waals surface area contributed by atoms with Crippen LogP contribution in [0.2, 0.25) is 0 Å². The van der Waals surface area contributed by atoms with Gasteiger partial charge in [0.2, 0.25) is 5.91 Å². The van der Waals surface area contributed by atoms with E-state index >= 15 is 0 Å². The second-order valence-corrected chi connectivity index (χ2v) is 11.1. The van der Waals surface area contributed by atoms with Gasteiger partial charge in [0.25, 0.3) is 5.56 Å². The first kappa shape index (κ1) is 23.8. The summed E-state index contributed by atoms with van der Waals surface area (Å²) in [6, 6.07) is 0.414. The molecule has 1 aliphatic carbocycles. The molecular weight excluding hydrogens is 442 g/mol. The molecule has 3 heterocycles. The van der Waals surface area contributed by atoms with E-state index in [4.69, 9.17) is 9.72 Å². The molecule has 1 saturated heterocycles. The molecule has 0 radical (unpaired) electrons. The third kappa shape index (κ3) is 4.92. The number of carbonyl (C=O) groups is 1. The first-order valence-corrected chi connectivity index (χ1v) is 13.8. The summed E-state index contributed by atoms with van der Waals surface area (Å²) < 4.78 is 7.24. The van der Waals surface area contributed by atoms with Crippen LogP contribution in [-0.4, -0.2) is 51.9 Å². The Labute approximate surface area is 198 Å². The van der Waals surface area contributed by atoms with Crippen molar-refractivity contribution >= 4 is 39.2 Å². The van der Waals surface area contributed by atoms with E-state index in [1.54, 1.807) is 15.9 Å². The Morgan fingerprint density at radius 3 is 2.81 bits per heavy atom. The summed E-state index contributed by atoms with van der Waals surface area (Å²) >= 11 is 2.99. The van der Waals surface area contributed by atoms with Crippen molar-refractivity contribution < 1.29 is 9.53 Å². The third-order valence-electron chi connectivity index (χ3n) is 7.02. The number of amides is 1. The van der Waals surface area contributed by atoms with E-state index in [1.165, 1.54) is 37.4 Å². The van der Waals surface area contributed by atoms with Crippen molar-refractivity contribution in [1.29, 1.82) is 0 Å². The van der Waals surface area contributed by atoms with Crippen molar-refractivity contribution in [3.8, 4) is 0 Å². The smallest absolute Gasteiger partial charge is 0.263 e. The highest BCUT2D eigenvalue weighted by Gasteiger charge is 2.35. The highest BCUT2D eigenvalue weighted by molar-refractivity contribution is 7.99. The largest absolute Gasteiger partial charge is 0.382 e. The van der Waals surface area contributed by atoms with E-state index in [0.717, 1.165) is 46.5 Å². The second kappa shape index (κ2) is 10.7. The molecule has 176 valence electrons. The summed E-state index contributed by atoms with van der Waals surface area (Å²) in [6.07, 6.45) is 8.05. The number of ether oxygens (including phenoxy) is 1. The monoisotopic (exact) mass is 477 g/mol. The number of piperidine rings is 1. The average Bonchev–Trinajstić information content (AvgIpc) is 3.09. The van der Waals surface area contributed by atoms with Gasteiger partial charge in [-0.1, -0.05) is 24.6 Å². The molecule has 1 saturated carbocycles. The number of thioether (sulfide) groups is 1. The number of hydrogen-bond donors (Lipinski definition) is 0. The fourth-order valence-electron chi connectivity index (χ4n) is 5.23. The van der Waals surface area contributed by atoms with Crippen molar-refractivity contribution in [2.45, 2.75) is 83.5 Å². The van der Waals surface area contributed by atoms with Gasteiger partial charge in [-0.05, 0) is 64.4 Å². The van der Waals surface area contributed by atoms with E-state index in [0.29, 0.717) is 42.6 Å². The predicted octanol–water partition coefficient (Wildman–Crippen LogP) is 4.77. The summed E-state index contributed by atoms with van der Waals surface area (Å²) in [5.74, 6) is 1.21. The number of rotatable bonds is 8. The second-order valence-electron chi connectivity index (χ2n) is 8.99. The Hall–Kier alpha value is -1.38. The van der Waals surface area contributed by atoms with Crippen LogP contribution in [-0.2, 0) is 16.1 Å². The van der Waals surface area contributed by atoms with E-state index in [9.17, 15) is 9.59 Å². The molecule has 2 aliphatic rings. The summed E-state index contributed by atoms with van der Waals surface area (Å²) in [4.78, 5) is 35.5. The number of hydrogen-bond acceptors (Lipinski definition) is 6. The summed E-state index contributed by atoms with van der Waals surface area (Å²) in [6.45, 7) is 8.72. The number of aryl methyl sites for hydroxylation is 2. The van der Waals surface area contributed by atoms with E-state index in [2.05, 4.69) is 4.90 Å². The van der Waals surface area contributed by atoms with E-state index in [1.807, 2.05) is 20.8 Å². The number of aromatic nitrogens is 2. The SMILES string of the molecule is CCOCCCn1c(SCC(=O)N2CCC[C@@H]3CCCC[C@@H]32)nc2sc(C)c(C)c2c1=O. The number of nitrogens with zero attached hydrogens (tertiary/aromatic N) is 3. The van der Waals surface area contributed by atoms with Crippen LogP contribution in [0.1, 0.15) is 62.3 Å². The fraction of sp³-hybridized carbons (Fsp3) is 0.708. The van der Waals surface area contributed by atoms with Gasteiger partial charge in [0, 0.05) is 37.2 Å². The Morgan fingerprint density at radius 1 is 1.22 bits per heavy atom. The van der Waals surface area contributed by atoms with Crippen LogP contribution < -0.4 is 5.56 Å². The molecule has 1 aliphatic heterocycles. The predicted molar refractivity (Wildman–Crippen MR) is 132 cm³/mol. The van der Waals surface area contributed by atoms with Gasteiger partial charge < -0.3 is 9.64 Å². The number of thiophene rings is 1. The molecule has 0 N–H and O–H groups in total. The van der Waals surface area contributed by atoms with Crippen molar-refractivity contribution in [3.05, 3.63) is 20.8 Å². The molecule has 2 fully saturated rings. The molecule has 32 heavy (non-hydrogen) atoms. The molecule has 2 aromatic heterocycles. The highest BCUT2D eigenvalue weighted by atomic mass is 32.2. The zero-order chi connectivity index (χ0) is 22.7. The maximum atomic E-state index is 13.4. The van der Waals surface area contributed by atoms with Gasteiger partial charge in [-0.25, -0.2) is 4.98 Å². The molecule has 0 unspecified atom stereocenters. The summed E-state index contributed by atoms with van der Waals surface area (Å²) in [5.41, 5.74) is 1.03. The van der Waals surface area contributed by atoms with Crippen LogP contribution >= 0.6 is 23.1 Å². The molecular formula is C24H35N3O3S2. The maximum absolute atomic E-state index is 13.4. The Kier molecular flexibility index (Phi) is 7.95. The quantitative estimate of drug-likeness (QED) is 0.311. The standard InChI is InChI=1S/C24H35N3O3S2/c1-4-30-14-8-13-27-23(29)21-16(2)17(3)32-22(21)25-24(27)31-15-20(28)26-12-7-10-18-9-5-6-11-19(18)26/h18-19H,4-15H2,1-3H3/t18-,19-/m0/s1. The lowest BCUT2D eigenvalue weighted by molar-refractivity contribution is -0.134. The first-order chi connectivity index (χ1) is 15.5. The van der Waals surface area contributed by atoms with Crippen molar-refractivity contribution in [2.24, 2.45) is 5.92 Å². The lowest BCUT2D eigenvalue weighted by atomic mass is 9.78. The molecule has 0 spiro atoms. The minimum atomic E-state index is 0.00798. The van der Waals surface area contributed by atoms with E-state index in [-0.39, 0.29) is 11.5 Å². The minimum Gasteiger partial charge on any atom is -0.382 e. The summed E-state index contributed by atoms with van der Waals surface area (Å²) in [5, 5.41) is 1.38. The van der Waals surface area contributed by atoms with Gasteiger partial charge in [0.05, 0.1) is 11.1 Å². The Morgan fingerprint density at radius 2 is 2.00 bits per heavy atom. The van der Waals surface area contributed by atoms with Crippen LogP contribution in [0.15, 0.2) is 9.95 Å². The zero-order valence-electron chi connectivity index (χ0n) is 19.5. The molecule has 4 rings (SSSR count). The maximum Gasteiger partial charge on any atom is 0.263 e. The highest BCUT2D eigenvalue weighted by Crippen LogP contribution is 2.36. The topological polar surface area (TPSA) is 64.4 Å². The number of likely N-dealkylation sites (tertiary alicyclic amines) is 1. The lowest BCUT2D eigenvalue weighted by Gasteiger charge is -2.44. The summed E-state index contributed by atoms with van der Waals surface area (Å²) in [7, 11) is 0. The van der Waals surface area contributed by atoms with E-state index < -0.39 is 0 Å². The number of carbonyl (C=O) groups excluding carboxylic acids is 1. The normalized spacial score (nSPS) is 21.2. The van der Waals surface area contributed by atoms with Crippen LogP contribution in [0, 0.1) is 19.8 Å². The van der Waals surface area contributed by atoms with Gasteiger partial charge in [0.15, 0.2) is 5.16 Å². The van der Waals surface area contributed by atoms with Gasteiger partial charge in [-0.2, -0.15) is 0 Å². The van der Waals surface area contributed by atoms with Crippen molar-refractivity contribution in [2.75, 3.05) is 25.5 Å². The Balaban J connectivity index is 1.54. The zero-order valence-corrected chi connectivity index (χ0v) is 21.2. The average molecular weight is 478 g/mol. The van der Waals surface area contributed by atoms with Gasteiger partial charge in [0.1, 0.15) is 4.83 Å². The van der Waals surface area contributed by atoms with Crippen LogP contribution in [0.5, 0.6) is 0 Å². The molecule has 2 atom stereocenters.